The van der Waals surface area contributed by atoms with E-state index in [0.29, 0.717) is 0 Å². The minimum atomic E-state index is -0.634. The van der Waals surface area contributed by atoms with Crippen LogP contribution >= 0.6 is 12.4 Å². The molecule has 0 aromatic rings. The van der Waals surface area contributed by atoms with Crippen LogP contribution in [0.5, 0.6) is 0 Å². The number of esters is 1. The summed E-state index contributed by atoms with van der Waals surface area (Å²) >= 11 is 0. The number of rotatable bonds is 4. The van der Waals surface area contributed by atoms with Gasteiger partial charge in [0.25, 0.3) is 0 Å². The minimum absolute atomic E-state index is 0. The predicted octanol–water partition coefficient (Wildman–Crippen LogP) is 0.868. The summed E-state index contributed by atoms with van der Waals surface area (Å²) in [5, 5.41) is 0. The standard InChI is InChI=1S/C9H17NO3.ClH/c1-12-6-8(10)9(11)13-7-4-2-3-5-7;/h7-8H,2-6,10H2,1H3;1H. The molecule has 4 nitrogen and oxygen atoms in total. The second-order valence-corrected chi connectivity index (χ2v) is 3.41. The molecule has 0 bridgehead atoms. The van der Waals surface area contributed by atoms with Crippen molar-refractivity contribution in [2.75, 3.05) is 13.7 Å². The monoisotopic (exact) mass is 223 g/mol. The van der Waals surface area contributed by atoms with Gasteiger partial charge in [-0.3, -0.25) is 4.79 Å². The Labute approximate surface area is 90.5 Å². The lowest BCUT2D eigenvalue weighted by molar-refractivity contribution is -0.151. The lowest BCUT2D eigenvalue weighted by Crippen LogP contribution is -2.38. The first-order chi connectivity index (χ1) is 6.24. The van der Waals surface area contributed by atoms with E-state index in [9.17, 15) is 4.79 Å². The molecule has 5 heteroatoms. The van der Waals surface area contributed by atoms with Crippen molar-refractivity contribution in [2.45, 2.75) is 37.8 Å². The third kappa shape index (κ3) is 4.26. The molecule has 1 rings (SSSR count). The number of nitrogens with two attached hydrogens (primary N) is 1. The van der Waals surface area contributed by atoms with Crippen LogP contribution < -0.4 is 5.73 Å². The second-order valence-electron chi connectivity index (χ2n) is 3.41. The van der Waals surface area contributed by atoms with Gasteiger partial charge in [0.1, 0.15) is 12.1 Å². The highest BCUT2D eigenvalue weighted by Crippen LogP contribution is 2.21. The van der Waals surface area contributed by atoms with Gasteiger partial charge in [-0.1, -0.05) is 0 Å². The van der Waals surface area contributed by atoms with Crippen molar-refractivity contribution >= 4 is 18.4 Å². The van der Waals surface area contributed by atoms with Crippen molar-refractivity contribution in [1.29, 1.82) is 0 Å². The summed E-state index contributed by atoms with van der Waals surface area (Å²) in [6.07, 6.45) is 4.35. The third-order valence-electron chi connectivity index (χ3n) is 2.23. The van der Waals surface area contributed by atoms with E-state index in [2.05, 4.69) is 0 Å². The Morgan fingerprint density at radius 3 is 2.57 bits per heavy atom. The summed E-state index contributed by atoms with van der Waals surface area (Å²) in [7, 11) is 1.52. The number of methoxy groups -OCH3 is 1. The van der Waals surface area contributed by atoms with Crippen LogP contribution in [0.4, 0.5) is 0 Å². The molecule has 0 spiro atoms. The Kier molecular flexibility index (Phi) is 6.87. The van der Waals surface area contributed by atoms with E-state index in [1.54, 1.807) is 0 Å². The Balaban J connectivity index is 0.00000169. The van der Waals surface area contributed by atoms with Crippen LogP contribution in [0.2, 0.25) is 0 Å². The summed E-state index contributed by atoms with van der Waals surface area (Å²) in [6.45, 7) is 0.228. The lowest BCUT2D eigenvalue weighted by atomic mass is 10.3. The largest absolute Gasteiger partial charge is 0.461 e. The maximum Gasteiger partial charge on any atom is 0.325 e. The lowest BCUT2D eigenvalue weighted by Gasteiger charge is -2.14. The zero-order chi connectivity index (χ0) is 9.68. The molecule has 0 heterocycles. The highest BCUT2D eigenvalue weighted by Gasteiger charge is 2.22. The summed E-state index contributed by atoms with van der Waals surface area (Å²) < 4.78 is 9.95. The fourth-order valence-electron chi connectivity index (χ4n) is 1.51. The van der Waals surface area contributed by atoms with E-state index >= 15 is 0 Å². The number of ether oxygens (including phenoxy) is 2. The Bertz CT molecular complexity index is 171. The van der Waals surface area contributed by atoms with Gasteiger partial charge in [0.2, 0.25) is 0 Å². The van der Waals surface area contributed by atoms with E-state index in [1.807, 2.05) is 0 Å². The maximum atomic E-state index is 11.3. The summed E-state index contributed by atoms with van der Waals surface area (Å²) in [5.41, 5.74) is 5.51. The molecule has 1 atom stereocenters. The maximum absolute atomic E-state index is 11.3. The smallest absolute Gasteiger partial charge is 0.325 e. The third-order valence-corrected chi connectivity index (χ3v) is 2.23. The highest BCUT2D eigenvalue weighted by atomic mass is 35.5. The van der Waals surface area contributed by atoms with E-state index in [4.69, 9.17) is 15.2 Å². The molecule has 0 aromatic heterocycles. The van der Waals surface area contributed by atoms with Crippen LogP contribution in [0.25, 0.3) is 0 Å². The average molecular weight is 224 g/mol. The number of carbonyl (C=O) groups excluding carboxylic acids is 1. The SMILES string of the molecule is COCC(N)C(=O)OC1CCCC1.Cl. The van der Waals surface area contributed by atoms with Gasteiger partial charge in [-0.2, -0.15) is 0 Å². The van der Waals surface area contributed by atoms with E-state index < -0.39 is 6.04 Å². The van der Waals surface area contributed by atoms with E-state index in [-0.39, 0.29) is 31.1 Å². The fourth-order valence-corrected chi connectivity index (χ4v) is 1.51. The quantitative estimate of drug-likeness (QED) is 0.719. The van der Waals surface area contributed by atoms with Crippen LogP contribution in [-0.2, 0) is 14.3 Å². The molecule has 14 heavy (non-hydrogen) atoms. The van der Waals surface area contributed by atoms with Crippen LogP contribution in [0.1, 0.15) is 25.7 Å². The topological polar surface area (TPSA) is 61.5 Å². The molecule has 0 saturated heterocycles. The van der Waals surface area contributed by atoms with Crippen molar-refractivity contribution in [3.63, 3.8) is 0 Å². The minimum Gasteiger partial charge on any atom is -0.461 e. The van der Waals surface area contributed by atoms with Crippen LogP contribution in [0.15, 0.2) is 0 Å². The summed E-state index contributed by atoms with van der Waals surface area (Å²) in [4.78, 5) is 11.3. The van der Waals surface area contributed by atoms with Crippen molar-refractivity contribution in [2.24, 2.45) is 5.73 Å². The van der Waals surface area contributed by atoms with Gasteiger partial charge in [0.05, 0.1) is 6.61 Å². The molecule has 1 aliphatic rings. The van der Waals surface area contributed by atoms with Crippen molar-refractivity contribution in [3.05, 3.63) is 0 Å². The molecule has 2 N–H and O–H groups in total. The molecule has 1 fully saturated rings. The van der Waals surface area contributed by atoms with E-state index in [0.717, 1.165) is 25.7 Å². The first-order valence-electron chi connectivity index (χ1n) is 4.69. The molecule has 0 radical (unpaired) electrons. The van der Waals surface area contributed by atoms with Gasteiger partial charge in [-0.25, -0.2) is 0 Å². The zero-order valence-corrected chi connectivity index (χ0v) is 9.22. The van der Waals surface area contributed by atoms with Gasteiger partial charge in [-0.15, -0.1) is 12.4 Å². The highest BCUT2D eigenvalue weighted by molar-refractivity contribution is 5.85. The van der Waals surface area contributed by atoms with Gasteiger partial charge < -0.3 is 15.2 Å². The molecule has 0 amide bonds. The molecule has 0 aromatic carbocycles. The van der Waals surface area contributed by atoms with Gasteiger partial charge >= 0.3 is 5.97 Å². The Morgan fingerprint density at radius 2 is 2.07 bits per heavy atom. The Morgan fingerprint density at radius 1 is 1.50 bits per heavy atom. The molecule has 84 valence electrons. The summed E-state index contributed by atoms with van der Waals surface area (Å²) in [6, 6.07) is -0.634. The first kappa shape index (κ1) is 13.7. The number of carbonyl (C=O) groups is 1. The van der Waals surface area contributed by atoms with Crippen molar-refractivity contribution < 1.29 is 14.3 Å². The van der Waals surface area contributed by atoms with Crippen molar-refractivity contribution in [1.82, 2.24) is 0 Å². The second kappa shape index (κ2) is 7.04. The Hall–Kier alpha value is -0.320. The van der Waals surface area contributed by atoms with E-state index in [1.165, 1.54) is 7.11 Å². The van der Waals surface area contributed by atoms with Gasteiger partial charge in [0, 0.05) is 7.11 Å². The molecular weight excluding hydrogens is 206 g/mol. The van der Waals surface area contributed by atoms with Crippen molar-refractivity contribution in [3.8, 4) is 0 Å². The number of halogens is 1. The molecular formula is C9H18ClNO3. The summed E-state index contributed by atoms with van der Waals surface area (Å²) in [5.74, 6) is -0.339. The zero-order valence-electron chi connectivity index (χ0n) is 8.40. The van der Waals surface area contributed by atoms with Crippen LogP contribution in [0.3, 0.4) is 0 Å². The normalized spacial score (nSPS) is 18.7. The van der Waals surface area contributed by atoms with Gasteiger partial charge in [-0.05, 0) is 25.7 Å². The molecule has 1 saturated carbocycles. The first-order valence-corrected chi connectivity index (χ1v) is 4.69. The number of hydrogen-bond acceptors (Lipinski definition) is 4. The average Bonchev–Trinajstić information content (AvgIpc) is 2.57. The van der Waals surface area contributed by atoms with Crippen LogP contribution in [0, 0.1) is 0 Å². The number of hydrogen-bond donors (Lipinski definition) is 1. The molecule has 1 unspecified atom stereocenters. The van der Waals surface area contributed by atoms with Gasteiger partial charge in [0.15, 0.2) is 0 Å². The molecule has 0 aliphatic heterocycles. The molecule has 1 aliphatic carbocycles. The predicted molar refractivity (Wildman–Crippen MR) is 55.4 cm³/mol. The fraction of sp³-hybridized carbons (Fsp3) is 0.889. The van der Waals surface area contributed by atoms with Crippen LogP contribution in [-0.4, -0.2) is 31.8 Å².